The number of nitrogens with zero attached hydrogens (tertiary/aromatic N) is 2. The summed E-state index contributed by atoms with van der Waals surface area (Å²) in [5.74, 6) is -0.560. The normalized spacial score (nSPS) is 18.0. The average Bonchev–Trinajstić information content (AvgIpc) is 2.39. The van der Waals surface area contributed by atoms with E-state index >= 15 is 0 Å². The van der Waals surface area contributed by atoms with Crippen LogP contribution in [0.25, 0.3) is 0 Å². The molecule has 7 heteroatoms. The Labute approximate surface area is 118 Å². The quantitative estimate of drug-likeness (QED) is 0.609. The Balaban J connectivity index is 1.88. The van der Waals surface area contributed by atoms with Gasteiger partial charge in [-0.05, 0) is 30.7 Å². The number of nitro groups is 1. The molecule has 110 valence electrons. The molecular weight excluding hydrogens is 280 g/mol. The molecule has 0 atom stereocenters. The molecule has 0 unspecified atom stereocenters. The van der Waals surface area contributed by atoms with E-state index in [1.165, 1.54) is 9.87 Å². The van der Waals surface area contributed by atoms with Crippen molar-refractivity contribution in [3.8, 4) is 0 Å². The lowest BCUT2D eigenvalue weighted by molar-refractivity contribution is -0.459. The molecule has 6 nitrogen and oxygen atoms in total. The van der Waals surface area contributed by atoms with E-state index in [1.54, 1.807) is 0 Å². The fourth-order valence-electron chi connectivity index (χ4n) is 2.55. The highest BCUT2D eigenvalue weighted by Crippen LogP contribution is 2.23. The van der Waals surface area contributed by atoms with Gasteiger partial charge in [-0.15, -0.1) is 0 Å². The zero-order chi connectivity index (χ0) is 14.6. The molecule has 1 aliphatic heterocycles. The Morgan fingerprint density at radius 3 is 2.35 bits per heavy atom. The molecule has 1 aromatic rings. The Hall–Kier alpha value is -1.47. The Kier molecular flexibility index (Phi) is 4.72. The minimum absolute atomic E-state index is 0.383. The van der Waals surface area contributed by atoms with E-state index in [4.69, 9.17) is 0 Å². The van der Waals surface area contributed by atoms with Gasteiger partial charge in [0, 0.05) is 18.0 Å². The molecule has 2 rings (SSSR count). The van der Waals surface area contributed by atoms with Crippen molar-refractivity contribution in [2.24, 2.45) is 5.92 Å². The van der Waals surface area contributed by atoms with Crippen LogP contribution in [-0.2, 0) is 16.4 Å². The van der Waals surface area contributed by atoms with Crippen molar-refractivity contribution in [3.63, 3.8) is 0 Å². The highest BCUT2D eigenvalue weighted by atomic mass is 32.2. The largest absolute Gasteiger partial charge is 0.315 e. The molecule has 0 aliphatic carbocycles. The first kappa shape index (κ1) is 14.9. The number of benzene rings is 1. The molecule has 1 saturated heterocycles. The van der Waals surface area contributed by atoms with Crippen LogP contribution in [0.2, 0.25) is 0 Å². The molecular formula is C13H18N2O4S. The van der Waals surface area contributed by atoms with Gasteiger partial charge in [0.25, 0.3) is 10.0 Å². The van der Waals surface area contributed by atoms with E-state index in [0.717, 1.165) is 19.3 Å². The lowest BCUT2D eigenvalue weighted by Gasteiger charge is -2.30. The second kappa shape index (κ2) is 6.32. The van der Waals surface area contributed by atoms with Crippen molar-refractivity contribution in [2.75, 3.05) is 19.0 Å². The zero-order valence-electron chi connectivity index (χ0n) is 11.1. The van der Waals surface area contributed by atoms with Gasteiger partial charge in [0.2, 0.25) is 0 Å². The Morgan fingerprint density at radius 2 is 1.80 bits per heavy atom. The number of hydrogen-bond donors (Lipinski definition) is 0. The predicted molar refractivity (Wildman–Crippen MR) is 75.2 cm³/mol. The molecule has 0 aromatic heterocycles. The summed E-state index contributed by atoms with van der Waals surface area (Å²) in [7, 11) is -3.74. The summed E-state index contributed by atoms with van der Waals surface area (Å²) in [5.41, 5.74) is 1.25. The lowest BCUT2D eigenvalue weighted by atomic mass is 9.91. The highest BCUT2D eigenvalue weighted by molar-refractivity contribution is 7.88. The monoisotopic (exact) mass is 298 g/mol. The maximum Gasteiger partial charge on any atom is 0.315 e. The molecule has 0 saturated carbocycles. The first-order valence-corrected chi connectivity index (χ1v) is 8.22. The topological polar surface area (TPSA) is 80.5 Å². The summed E-state index contributed by atoms with van der Waals surface area (Å²) in [4.78, 5) is 9.58. The Morgan fingerprint density at radius 1 is 1.20 bits per heavy atom. The minimum Gasteiger partial charge on any atom is -0.263 e. The molecule has 20 heavy (non-hydrogen) atoms. The van der Waals surface area contributed by atoms with Crippen LogP contribution in [0.5, 0.6) is 0 Å². The van der Waals surface area contributed by atoms with Crippen molar-refractivity contribution in [2.45, 2.75) is 19.3 Å². The summed E-state index contributed by atoms with van der Waals surface area (Å²) in [6.45, 7) is 0.765. The third kappa shape index (κ3) is 4.01. The van der Waals surface area contributed by atoms with Gasteiger partial charge < -0.3 is 0 Å². The van der Waals surface area contributed by atoms with Crippen LogP contribution in [0, 0.1) is 16.0 Å². The molecule has 0 N–H and O–H groups in total. The predicted octanol–water partition coefficient (Wildman–Crippen LogP) is 1.51. The van der Waals surface area contributed by atoms with Crippen LogP contribution >= 0.6 is 0 Å². The molecule has 0 amide bonds. The third-order valence-electron chi connectivity index (χ3n) is 3.60. The van der Waals surface area contributed by atoms with Crippen molar-refractivity contribution in [3.05, 3.63) is 46.0 Å². The average molecular weight is 298 g/mol. The second-order valence-electron chi connectivity index (χ2n) is 5.11. The summed E-state index contributed by atoms with van der Waals surface area (Å²) < 4.78 is 24.7. The SMILES string of the molecule is O=[N+]([O-])CS(=O)(=O)N1CCC(Cc2ccccc2)CC1. The molecule has 0 bridgehead atoms. The first-order valence-electron chi connectivity index (χ1n) is 6.61. The summed E-state index contributed by atoms with van der Waals surface area (Å²) >= 11 is 0. The molecule has 0 radical (unpaired) electrons. The van der Waals surface area contributed by atoms with E-state index < -0.39 is 20.8 Å². The van der Waals surface area contributed by atoms with E-state index in [-0.39, 0.29) is 0 Å². The summed E-state index contributed by atoms with van der Waals surface area (Å²) in [6.07, 6.45) is 2.45. The summed E-state index contributed by atoms with van der Waals surface area (Å²) in [6, 6.07) is 10.1. The van der Waals surface area contributed by atoms with Crippen LogP contribution in [-0.4, -0.2) is 36.6 Å². The number of sulfonamides is 1. The van der Waals surface area contributed by atoms with Gasteiger partial charge in [0.05, 0.1) is 0 Å². The van der Waals surface area contributed by atoms with E-state index in [0.29, 0.717) is 19.0 Å². The van der Waals surface area contributed by atoms with Crippen molar-refractivity contribution >= 4 is 10.0 Å². The standard InChI is InChI=1S/C13H18N2O4S/c16-15(17)11-20(18,19)14-8-6-13(7-9-14)10-12-4-2-1-3-5-12/h1-5,13H,6-11H2. The van der Waals surface area contributed by atoms with Crippen molar-refractivity contribution in [1.29, 1.82) is 0 Å². The Bertz CT molecular complexity index is 551. The van der Waals surface area contributed by atoms with E-state index in [2.05, 4.69) is 12.1 Å². The van der Waals surface area contributed by atoms with Crippen LogP contribution in [0.3, 0.4) is 0 Å². The fourth-order valence-corrected chi connectivity index (χ4v) is 3.75. The van der Waals surface area contributed by atoms with E-state index in [1.807, 2.05) is 18.2 Å². The van der Waals surface area contributed by atoms with Gasteiger partial charge in [0.15, 0.2) is 0 Å². The van der Waals surface area contributed by atoms with Crippen LogP contribution in [0.4, 0.5) is 0 Å². The number of hydrogen-bond acceptors (Lipinski definition) is 4. The van der Waals surface area contributed by atoms with E-state index in [9.17, 15) is 18.5 Å². The van der Waals surface area contributed by atoms with Crippen molar-refractivity contribution < 1.29 is 13.3 Å². The highest BCUT2D eigenvalue weighted by Gasteiger charge is 2.31. The third-order valence-corrected chi connectivity index (χ3v) is 5.29. The van der Waals surface area contributed by atoms with Crippen LogP contribution in [0.1, 0.15) is 18.4 Å². The maximum atomic E-state index is 11.7. The fraction of sp³-hybridized carbons (Fsp3) is 0.538. The first-order chi connectivity index (χ1) is 9.47. The smallest absolute Gasteiger partial charge is 0.263 e. The second-order valence-corrected chi connectivity index (χ2v) is 7.04. The van der Waals surface area contributed by atoms with Gasteiger partial charge >= 0.3 is 5.88 Å². The summed E-state index contributed by atoms with van der Waals surface area (Å²) in [5, 5.41) is 10.4. The molecule has 1 aromatic carbocycles. The minimum atomic E-state index is -3.74. The number of rotatable bonds is 5. The van der Waals surface area contributed by atoms with Gasteiger partial charge in [0.1, 0.15) is 0 Å². The van der Waals surface area contributed by atoms with Gasteiger partial charge in [-0.25, -0.2) is 8.42 Å². The lowest BCUT2D eigenvalue weighted by Crippen LogP contribution is -2.41. The molecule has 1 fully saturated rings. The van der Waals surface area contributed by atoms with Gasteiger partial charge in [-0.2, -0.15) is 4.31 Å². The maximum absolute atomic E-state index is 11.7. The van der Waals surface area contributed by atoms with Crippen molar-refractivity contribution in [1.82, 2.24) is 4.31 Å². The van der Waals surface area contributed by atoms with Crippen LogP contribution < -0.4 is 0 Å². The molecule has 0 spiro atoms. The van der Waals surface area contributed by atoms with Crippen LogP contribution in [0.15, 0.2) is 30.3 Å². The number of piperidine rings is 1. The zero-order valence-corrected chi connectivity index (χ0v) is 12.0. The molecule has 1 aliphatic rings. The molecule has 1 heterocycles. The van der Waals surface area contributed by atoms with Gasteiger partial charge in [-0.3, -0.25) is 10.1 Å². The van der Waals surface area contributed by atoms with Gasteiger partial charge in [-0.1, -0.05) is 30.3 Å².